The Morgan fingerprint density at radius 3 is 3.00 bits per heavy atom. The Morgan fingerprint density at radius 2 is 2.24 bits per heavy atom. The van der Waals surface area contributed by atoms with Crippen molar-refractivity contribution < 1.29 is 4.74 Å². The summed E-state index contributed by atoms with van der Waals surface area (Å²) in [4.78, 5) is 17.2. The maximum atomic E-state index is 6.10. The fraction of sp³-hybridized carbons (Fsp3) is 0.500. The minimum atomic E-state index is 0.322. The summed E-state index contributed by atoms with van der Waals surface area (Å²) in [5.74, 6) is 3.04. The number of nitrogens with zero attached hydrogens (tertiary/aromatic N) is 5. The van der Waals surface area contributed by atoms with Gasteiger partial charge >= 0.3 is 0 Å². The summed E-state index contributed by atoms with van der Waals surface area (Å²) in [6.45, 7) is 2.72. The summed E-state index contributed by atoms with van der Waals surface area (Å²) >= 11 is 2.05. The third-order valence-electron chi connectivity index (χ3n) is 4.76. The van der Waals surface area contributed by atoms with Gasteiger partial charge in [0.15, 0.2) is 0 Å². The molecule has 0 bridgehead atoms. The van der Waals surface area contributed by atoms with Crippen LogP contribution in [-0.4, -0.2) is 58.7 Å². The Morgan fingerprint density at radius 1 is 1.36 bits per heavy atom. The van der Waals surface area contributed by atoms with Crippen LogP contribution in [0.25, 0.3) is 0 Å². The van der Waals surface area contributed by atoms with Crippen molar-refractivity contribution in [2.24, 2.45) is 0 Å². The Kier molecular flexibility index (Phi) is 4.52. The first-order valence-electron chi connectivity index (χ1n) is 8.52. The van der Waals surface area contributed by atoms with E-state index in [0.29, 0.717) is 17.5 Å². The summed E-state index contributed by atoms with van der Waals surface area (Å²) in [7, 11) is 4.00. The van der Waals surface area contributed by atoms with Crippen molar-refractivity contribution in [3.8, 4) is 0 Å². The quantitative estimate of drug-likeness (QED) is 0.813. The first kappa shape index (κ1) is 16.6. The van der Waals surface area contributed by atoms with Gasteiger partial charge in [-0.1, -0.05) is 6.07 Å². The summed E-state index contributed by atoms with van der Waals surface area (Å²) < 4.78 is 6.42. The molecule has 7 heteroatoms. The van der Waals surface area contributed by atoms with Gasteiger partial charge in [-0.25, -0.2) is 9.97 Å². The molecule has 25 heavy (non-hydrogen) atoms. The number of pyridine rings is 1. The predicted molar refractivity (Wildman–Crippen MR) is 101 cm³/mol. The van der Waals surface area contributed by atoms with Gasteiger partial charge < -0.3 is 14.5 Å². The van der Waals surface area contributed by atoms with Crippen LogP contribution in [0, 0.1) is 0 Å². The van der Waals surface area contributed by atoms with Gasteiger partial charge in [0.2, 0.25) is 0 Å². The van der Waals surface area contributed by atoms with E-state index in [4.69, 9.17) is 4.74 Å². The van der Waals surface area contributed by atoms with Crippen LogP contribution in [0.4, 0.5) is 11.6 Å². The maximum Gasteiger partial charge on any atom is 0.134 e. The van der Waals surface area contributed by atoms with Gasteiger partial charge in [-0.15, -0.1) is 11.8 Å². The van der Waals surface area contributed by atoms with E-state index < -0.39 is 0 Å². The topological polar surface area (TPSA) is 54.4 Å². The van der Waals surface area contributed by atoms with Gasteiger partial charge in [0, 0.05) is 51.4 Å². The average Bonchev–Trinajstić information content (AvgIpc) is 3.04. The van der Waals surface area contributed by atoms with Gasteiger partial charge in [0.25, 0.3) is 0 Å². The zero-order valence-corrected chi connectivity index (χ0v) is 15.4. The zero-order chi connectivity index (χ0) is 17.3. The second-order valence-electron chi connectivity index (χ2n) is 6.98. The number of hydrogen-bond donors (Lipinski definition) is 0. The Hall–Kier alpha value is -1.86. The highest BCUT2D eigenvalue weighted by Crippen LogP contribution is 2.47. The molecule has 0 radical (unpaired) electrons. The lowest BCUT2D eigenvalue weighted by Gasteiger charge is -2.48. The van der Waals surface area contributed by atoms with Crippen LogP contribution in [0.3, 0.4) is 0 Å². The van der Waals surface area contributed by atoms with Crippen molar-refractivity contribution in [2.75, 3.05) is 42.7 Å². The van der Waals surface area contributed by atoms with Crippen LogP contribution in [0.1, 0.15) is 12.0 Å². The number of hydrogen-bond acceptors (Lipinski definition) is 7. The van der Waals surface area contributed by atoms with Gasteiger partial charge in [0.05, 0.1) is 17.5 Å². The third-order valence-corrected chi connectivity index (χ3v) is 6.34. The lowest BCUT2D eigenvalue weighted by Crippen LogP contribution is -2.59. The van der Waals surface area contributed by atoms with E-state index in [2.05, 4.69) is 32.0 Å². The molecule has 1 spiro atoms. The fourth-order valence-corrected chi connectivity index (χ4v) is 4.95. The predicted octanol–water partition coefficient (Wildman–Crippen LogP) is 2.22. The second kappa shape index (κ2) is 6.80. The van der Waals surface area contributed by atoms with Crippen LogP contribution in [0.15, 0.2) is 36.9 Å². The summed E-state index contributed by atoms with van der Waals surface area (Å²) in [6.07, 6.45) is 6.76. The van der Waals surface area contributed by atoms with E-state index in [-0.39, 0.29) is 0 Å². The standard InChI is InChI=1S/C18H23N5OS/c1-22(2)16-6-17(21-13-20-16)23-11-18(12-23)7-15(10-25-18)24-9-14-4-3-5-19-8-14/h3-6,8,13,15H,7,9-12H2,1-2H3/t15-/m1/s1. The molecule has 2 aromatic rings. The molecule has 2 saturated heterocycles. The van der Waals surface area contributed by atoms with E-state index in [9.17, 15) is 0 Å². The van der Waals surface area contributed by atoms with Crippen molar-refractivity contribution in [3.05, 3.63) is 42.5 Å². The molecule has 6 nitrogen and oxygen atoms in total. The van der Waals surface area contributed by atoms with E-state index in [1.807, 2.05) is 43.0 Å². The average molecular weight is 357 g/mol. The highest BCUT2D eigenvalue weighted by molar-refractivity contribution is 8.01. The van der Waals surface area contributed by atoms with E-state index in [0.717, 1.165) is 42.5 Å². The third kappa shape index (κ3) is 3.57. The molecule has 2 aromatic heterocycles. The van der Waals surface area contributed by atoms with Gasteiger partial charge in [0.1, 0.15) is 18.0 Å². The molecule has 4 rings (SSSR count). The molecule has 0 aromatic carbocycles. The highest BCUT2D eigenvalue weighted by atomic mass is 32.2. The molecule has 0 N–H and O–H groups in total. The molecule has 0 unspecified atom stereocenters. The molecule has 2 fully saturated rings. The van der Waals surface area contributed by atoms with Gasteiger partial charge in [-0.2, -0.15) is 0 Å². The monoisotopic (exact) mass is 357 g/mol. The number of ether oxygens (including phenoxy) is 1. The van der Waals surface area contributed by atoms with Gasteiger partial charge in [-0.3, -0.25) is 4.98 Å². The molecule has 0 amide bonds. The normalized spacial score (nSPS) is 21.4. The summed E-state index contributed by atoms with van der Waals surface area (Å²) in [6, 6.07) is 6.08. The smallest absolute Gasteiger partial charge is 0.134 e. The summed E-state index contributed by atoms with van der Waals surface area (Å²) in [5, 5.41) is 0. The first-order chi connectivity index (χ1) is 12.1. The van der Waals surface area contributed by atoms with Crippen molar-refractivity contribution in [2.45, 2.75) is 23.9 Å². The van der Waals surface area contributed by atoms with Crippen molar-refractivity contribution in [1.29, 1.82) is 0 Å². The van der Waals surface area contributed by atoms with Crippen LogP contribution in [0.5, 0.6) is 0 Å². The van der Waals surface area contributed by atoms with E-state index in [1.165, 1.54) is 0 Å². The lowest BCUT2D eigenvalue weighted by molar-refractivity contribution is 0.0476. The maximum absolute atomic E-state index is 6.10. The molecule has 2 aliphatic heterocycles. The molecule has 132 valence electrons. The SMILES string of the molecule is CN(C)c1cc(N2CC3(C[C@@H](OCc4cccnc4)CS3)C2)ncn1. The number of thioether (sulfide) groups is 1. The molecule has 2 aliphatic rings. The van der Waals surface area contributed by atoms with Crippen LogP contribution >= 0.6 is 11.8 Å². The second-order valence-corrected chi connectivity index (χ2v) is 8.47. The van der Waals surface area contributed by atoms with Crippen LogP contribution in [0.2, 0.25) is 0 Å². The highest BCUT2D eigenvalue weighted by Gasteiger charge is 2.49. The van der Waals surface area contributed by atoms with Crippen LogP contribution in [-0.2, 0) is 11.3 Å². The Labute approximate surface area is 152 Å². The number of aromatic nitrogens is 3. The van der Waals surface area contributed by atoms with Gasteiger partial charge in [-0.05, 0) is 18.1 Å². The van der Waals surface area contributed by atoms with Crippen LogP contribution < -0.4 is 9.80 Å². The van der Waals surface area contributed by atoms with Crippen molar-refractivity contribution in [1.82, 2.24) is 15.0 Å². The van der Waals surface area contributed by atoms with Crippen molar-refractivity contribution in [3.63, 3.8) is 0 Å². The summed E-state index contributed by atoms with van der Waals surface area (Å²) in [5.41, 5.74) is 1.14. The number of rotatable bonds is 5. The molecule has 4 heterocycles. The van der Waals surface area contributed by atoms with E-state index in [1.54, 1.807) is 12.5 Å². The Bertz CT molecular complexity index is 720. The molecule has 0 saturated carbocycles. The minimum Gasteiger partial charge on any atom is -0.373 e. The first-order valence-corrected chi connectivity index (χ1v) is 9.51. The number of anilines is 2. The van der Waals surface area contributed by atoms with Crippen molar-refractivity contribution >= 4 is 23.4 Å². The molecule has 1 atom stereocenters. The minimum absolute atomic E-state index is 0.322. The molecular formula is C18H23N5OS. The fourth-order valence-electron chi connectivity index (χ4n) is 3.39. The Balaban J connectivity index is 1.30. The molecular weight excluding hydrogens is 334 g/mol. The lowest BCUT2D eigenvalue weighted by atomic mass is 9.93. The molecule has 0 aliphatic carbocycles. The van der Waals surface area contributed by atoms with E-state index >= 15 is 0 Å². The largest absolute Gasteiger partial charge is 0.373 e. The zero-order valence-electron chi connectivity index (χ0n) is 14.6.